The first kappa shape index (κ1) is 11.5. The first-order valence-corrected chi connectivity index (χ1v) is 5.40. The average Bonchev–Trinajstić information content (AvgIpc) is 2.85. The lowest BCUT2D eigenvalue weighted by Crippen LogP contribution is -2.48. The first-order chi connectivity index (χ1) is 6.44. The molecule has 0 aliphatic heterocycles. The molecule has 14 heavy (non-hydrogen) atoms. The molecule has 0 radical (unpaired) electrons. The minimum Gasteiger partial charge on any atom is -0.464 e. The number of carbonyl (C=O) groups is 1. The van der Waals surface area contributed by atoms with Gasteiger partial charge in [-0.05, 0) is 38.0 Å². The Morgan fingerprint density at radius 2 is 2.14 bits per heavy atom. The van der Waals surface area contributed by atoms with Gasteiger partial charge in [0, 0.05) is 0 Å². The first-order valence-electron chi connectivity index (χ1n) is 5.40. The number of hydrogen-bond donors (Lipinski definition) is 1. The van der Waals surface area contributed by atoms with E-state index >= 15 is 0 Å². The van der Waals surface area contributed by atoms with Crippen molar-refractivity contribution in [2.45, 2.75) is 45.6 Å². The minimum absolute atomic E-state index is 0.236. The minimum atomic E-state index is -0.753. The van der Waals surface area contributed by atoms with E-state index < -0.39 is 5.54 Å². The van der Waals surface area contributed by atoms with E-state index in [2.05, 4.69) is 13.8 Å². The van der Waals surface area contributed by atoms with Crippen LogP contribution in [-0.2, 0) is 9.53 Å². The molecule has 3 heteroatoms. The number of esters is 1. The van der Waals surface area contributed by atoms with Gasteiger partial charge < -0.3 is 10.5 Å². The van der Waals surface area contributed by atoms with Crippen LogP contribution < -0.4 is 5.73 Å². The molecule has 0 spiro atoms. The summed E-state index contributed by atoms with van der Waals surface area (Å²) in [6, 6.07) is 0. The SMILES string of the molecule is CC(C)CCOC(=O)C(C)(N)C1CC1. The maximum absolute atomic E-state index is 11.6. The topological polar surface area (TPSA) is 52.3 Å². The van der Waals surface area contributed by atoms with E-state index in [-0.39, 0.29) is 5.97 Å². The van der Waals surface area contributed by atoms with Crippen molar-refractivity contribution in [3.8, 4) is 0 Å². The Morgan fingerprint density at radius 3 is 2.57 bits per heavy atom. The number of carbonyl (C=O) groups excluding carboxylic acids is 1. The van der Waals surface area contributed by atoms with Crippen molar-refractivity contribution >= 4 is 5.97 Å². The van der Waals surface area contributed by atoms with Crippen LogP contribution in [0.1, 0.15) is 40.0 Å². The second kappa shape index (κ2) is 4.30. The predicted octanol–water partition coefficient (Wildman–Crippen LogP) is 1.70. The van der Waals surface area contributed by atoms with Gasteiger partial charge in [-0.2, -0.15) is 0 Å². The standard InChI is InChI=1S/C11H21NO2/c1-8(2)6-7-14-10(13)11(3,12)9-4-5-9/h8-9H,4-7,12H2,1-3H3. The quantitative estimate of drug-likeness (QED) is 0.686. The highest BCUT2D eigenvalue weighted by atomic mass is 16.5. The van der Waals surface area contributed by atoms with Crippen molar-refractivity contribution in [1.82, 2.24) is 0 Å². The Kier molecular flexibility index (Phi) is 3.53. The van der Waals surface area contributed by atoms with Gasteiger partial charge in [0.05, 0.1) is 6.61 Å². The summed E-state index contributed by atoms with van der Waals surface area (Å²) in [5.41, 5.74) is 5.15. The van der Waals surface area contributed by atoms with Gasteiger partial charge in [-0.25, -0.2) is 0 Å². The summed E-state index contributed by atoms with van der Waals surface area (Å²) in [4.78, 5) is 11.6. The van der Waals surface area contributed by atoms with Crippen LogP contribution in [0, 0.1) is 11.8 Å². The molecule has 1 atom stereocenters. The molecule has 2 N–H and O–H groups in total. The molecule has 0 aromatic carbocycles. The predicted molar refractivity (Wildman–Crippen MR) is 55.7 cm³/mol. The van der Waals surface area contributed by atoms with Crippen molar-refractivity contribution in [3.63, 3.8) is 0 Å². The van der Waals surface area contributed by atoms with Crippen molar-refractivity contribution in [2.75, 3.05) is 6.61 Å². The molecular weight excluding hydrogens is 178 g/mol. The fraction of sp³-hybridized carbons (Fsp3) is 0.909. The second-order valence-electron chi connectivity index (χ2n) is 4.88. The Morgan fingerprint density at radius 1 is 1.57 bits per heavy atom. The Balaban J connectivity index is 2.26. The second-order valence-corrected chi connectivity index (χ2v) is 4.88. The molecule has 1 unspecified atom stereocenters. The van der Waals surface area contributed by atoms with Crippen molar-refractivity contribution in [3.05, 3.63) is 0 Å². The number of ether oxygens (including phenoxy) is 1. The van der Waals surface area contributed by atoms with Crippen molar-refractivity contribution in [2.24, 2.45) is 17.6 Å². The number of nitrogens with two attached hydrogens (primary N) is 1. The summed E-state index contributed by atoms with van der Waals surface area (Å²) in [5.74, 6) is 0.669. The zero-order valence-corrected chi connectivity index (χ0v) is 9.38. The molecule has 0 aromatic rings. The lowest BCUT2D eigenvalue weighted by molar-refractivity contribution is -0.150. The van der Waals surface area contributed by atoms with Crippen LogP contribution in [0.15, 0.2) is 0 Å². The van der Waals surface area contributed by atoms with Gasteiger partial charge in [-0.1, -0.05) is 13.8 Å². The van der Waals surface area contributed by atoms with Crippen LogP contribution in [0.3, 0.4) is 0 Å². The molecule has 0 amide bonds. The lowest BCUT2D eigenvalue weighted by Gasteiger charge is -2.22. The highest BCUT2D eigenvalue weighted by Crippen LogP contribution is 2.38. The van der Waals surface area contributed by atoms with Crippen LogP contribution >= 0.6 is 0 Å². The summed E-state index contributed by atoms with van der Waals surface area (Å²) in [7, 11) is 0. The molecule has 1 saturated carbocycles. The van der Waals surface area contributed by atoms with Crippen LogP contribution in [0.4, 0.5) is 0 Å². The smallest absolute Gasteiger partial charge is 0.326 e. The molecule has 1 rings (SSSR count). The molecule has 0 heterocycles. The fourth-order valence-electron chi connectivity index (χ4n) is 1.39. The van der Waals surface area contributed by atoms with E-state index in [4.69, 9.17) is 10.5 Å². The van der Waals surface area contributed by atoms with Crippen LogP contribution in [0.25, 0.3) is 0 Å². The molecular formula is C11H21NO2. The van der Waals surface area contributed by atoms with Gasteiger partial charge in [0.2, 0.25) is 0 Å². The average molecular weight is 199 g/mol. The third kappa shape index (κ3) is 2.98. The molecule has 0 saturated heterocycles. The molecule has 1 aliphatic rings. The van der Waals surface area contributed by atoms with Crippen molar-refractivity contribution < 1.29 is 9.53 Å². The summed E-state index contributed by atoms with van der Waals surface area (Å²) in [5, 5.41) is 0. The van der Waals surface area contributed by atoms with Gasteiger partial charge in [-0.3, -0.25) is 4.79 Å². The van der Waals surface area contributed by atoms with Crippen molar-refractivity contribution in [1.29, 1.82) is 0 Å². The Labute approximate surface area is 86.0 Å². The zero-order valence-electron chi connectivity index (χ0n) is 9.38. The van der Waals surface area contributed by atoms with E-state index in [0.717, 1.165) is 19.3 Å². The molecule has 0 bridgehead atoms. The molecule has 82 valence electrons. The summed E-state index contributed by atoms with van der Waals surface area (Å²) >= 11 is 0. The van der Waals surface area contributed by atoms with E-state index in [1.165, 1.54) is 0 Å². The van der Waals surface area contributed by atoms with Gasteiger partial charge >= 0.3 is 5.97 Å². The summed E-state index contributed by atoms with van der Waals surface area (Å²) in [6.07, 6.45) is 3.03. The van der Waals surface area contributed by atoms with Gasteiger partial charge in [0.25, 0.3) is 0 Å². The monoisotopic (exact) mass is 199 g/mol. The summed E-state index contributed by atoms with van der Waals surface area (Å²) in [6.45, 7) is 6.49. The largest absolute Gasteiger partial charge is 0.464 e. The number of rotatable bonds is 5. The number of hydrogen-bond acceptors (Lipinski definition) is 3. The van der Waals surface area contributed by atoms with Gasteiger partial charge in [0.15, 0.2) is 0 Å². The van der Waals surface area contributed by atoms with Gasteiger partial charge in [0.1, 0.15) is 5.54 Å². The molecule has 1 aliphatic carbocycles. The normalized spacial score (nSPS) is 20.6. The Hall–Kier alpha value is -0.570. The Bertz CT molecular complexity index is 207. The van der Waals surface area contributed by atoms with Crippen LogP contribution in [0.5, 0.6) is 0 Å². The maximum atomic E-state index is 11.6. The fourth-order valence-corrected chi connectivity index (χ4v) is 1.39. The van der Waals surface area contributed by atoms with E-state index in [9.17, 15) is 4.79 Å². The van der Waals surface area contributed by atoms with E-state index in [0.29, 0.717) is 18.4 Å². The van der Waals surface area contributed by atoms with E-state index in [1.54, 1.807) is 6.92 Å². The molecule has 0 aromatic heterocycles. The molecule has 3 nitrogen and oxygen atoms in total. The van der Waals surface area contributed by atoms with Crippen LogP contribution in [-0.4, -0.2) is 18.1 Å². The molecule has 1 fully saturated rings. The third-order valence-corrected chi connectivity index (χ3v) is 2.79. The lowest BCUT2D eigenvalue weighted by atomic mass is 9.98. The van der Waals surface area contributed by atoms with E-state index in [1.807, 2.05) is 0 Å². The maximum Gasteiger partial charge on any atom is 0.326 e. The van der Waals surface area contributed by atoms with Gasteiger partial charge in [-0.15, -0.1) is 0 Å². The highest BCUT2D eigenvalue weighted by Gasteiger charge is 2.45. The van der Waals surface area contributed by atoms with Crippen LogP contribution in [0.2, 0.25) is 0 Å². The summed E-state index contributed by atoms with van der Waals surface area (Å²) < 4.78 is 5.16. The highest BCUT2D eigenvalue weighted by molar-refractivity contribution is 5.80. The third-order valence-electron chi connectivity index (χ3n) is 2.79. The zero-order chi connectivity index (χ0) is 10.8.